The van der Waals surface area contributed by atoms with E-state index in [1.165, 1.54) is 0 Å². The number of hydrogen-bond acceptors (Lipinski definition) is 5. The first-order valence-electron chi connectivity index (χ1n) is 9.84. The van der Waals surface area contributed by atoms with Crippen LogP contribution in [0.4, 0.5) is 21.7 Å². The molecule has 0 radical (unpaired) electrons. The largest absolute Gasteiger partial charge is 0.496 e. The fourth-order valence-corrected chi connectivity index (χ4v) is 3.91. The van der Waals surface area contributed by atoms with Crippen LogP contribution in [-0.2, 0) is 18.3 Å². The Bertz CT molecular complexity index is 1080. The zero-order valence-corrected chi connectivity index (χ0v) is 17.2. The van der Waals surface area contributed by atoms with Crippen molar-refractivity contribution in [3.05, 3.63) is 47.8 Å². The molecular formula is C22H24FN5O2. The van der Waals surface area contributed by atoms with E-state index < -0.39 is 6.17 Å². The maximum absolute atomic E-state index is 14.6. The second kappa shape index (κ2) is 8.14. The molecule has 3 aromatic rings. The van der Waals surface area contributed by atoms with E-state index in [0.717, 1.165) is 41.8 Å². The number of pyridine rings is 1. The van der Waals surface area contributed by atoms with Gasteiger partial charge in [0.1, 0.15) is 23.6 Å². The number of carbonyl (C=O) groups excluding carboxylic acids is 1. The molecule has 1 N–H and O–H groups in total. The zero-order chi connectivity index (χ0) is 21.3. The summed E-state index contributed by atoms with van der Waals surface area (Å²) in [4.78, 5) is 17.5. The molecule has 1 aromatic carbocycles. The zero-order valence-electron chi connectivity index (χ0n) is 17.2. The van der Waals surface area contributed by atoms with Crippen molar-refractivity contribution in [2.45, 2.75) is 25.9 Å². The first kappa shape index (κ1) is 19.9. The maximum Gasteiger partial charge on any atom is 0.212 e. The minimum atomic E-state index is -1.14. The Kier molecular flexibility index (Phi) is 5.39. The lowest BCUT2D eigenvalue weighted by Gasteiger charge is -2.32. The van der Waals surface area contributed by atoms with Crippen LogP contribution in [0.1, 0.15) is 30.6 Å². The molecule has 0 saturated carbocycles. The molecular weight excluding hydrogens is 385 g/mol. The molecule has 0 bridgehead atoms. The van der Waals surface area contributed by atoms with Gasteiger partial charge in [-0.3, -0.25) is 9.48 Å². The quantitative estimate of drug-likeness (QED) is 0.619. The fourth-order valence-electron chi connectivity index (χ4n) is 3.91. The third-order valence-corrected chi connectivity index (χ3v) is 5.32. The minimum Gasteiger partial charge on any atom is -0.496 e. The number of aryl methyl sites for hydroxylation is 2. The van der Waals surface area contributed by atoms with Crippen LogP contribution >= 0.6 is 0 Å². The summed E-state index contributed by atoms with van der Waals surface area (Å²) in [6, 6.07) is 7.45. The van der Waals surface area contributed by atoms with Crippen molar-refractivity contribution in [3.63, 3.8) is 0 Å². The molecule has 0 spiro atoms. The second-order valence-electron chi connectivity index (χ2n) is 7.35. The molecule has 8 heteroatoms. The van der Waals surface area contributed by atoms with Crippen LogP contribution in [0.5, 0.6) is 5.75 Å². The maximum atomic E-state index is 14.6. The predicted octanol–water partition coefficient (Wildman–Crippen LogP) is 4.17. The van der Waals surface area contributed by atoms with E-state index in [-0.39, 0.29) is 0 Å². The van der Waals surface area contributed by atoms with E-state index in [4.69, 9.17) is 4.74 Å². The lowest BCUT2D eigenvalue weighted by atomic mass is 9.91. The van der Waals surface area contributed by atoms with Crippen LogP contribution in [-0.4, -0.2) is 34.8 Å². The van der Waals surface area contributed by atoms with Crippen LogP contribution in [0.15, 0.2) is 36.7 Å². The number of hydrogen-bond donors (Lipinski definition) is 1. The predicted molar refractivity (Wildman–Crippen MR) is 114 cm³/mol. The molecule has 0 aliphatic carbocycles. The van der Waals surface area contributed by atoms with Gasteiger partial charge in [-0.2, -0.15) is 5.10 Å². The van der Waals surface area contributed by atoms with Gasteiger partial charge in [-0.05, 0) is 48.6 Å². The van der Waals surface area contributed by atoms with Gasteiger partial charge in [0.2, 0.25) is 6.41 Å². The van der Waals surface area contributed by atoms with Gasteiger partial charge in [-0.25, -0.2) is 9.37 Å². The van der Waals surface area contributed by atoms with Gasteiger partial charge >= 0.3 is 0 Å². The first-order valence-corrected chi connectivity index (χ1v) is 9.84. The molecule has 1 atom stereocenters. The van der Waals surface area contributed by atoms with Gasteiger partial charge in [0.05, 0.1) is 13.3 Å². The molecule has 4 rings (SSSR count). The SMILES string of the molecule is COc1cc(NC=O)nc(N2CCCc3cc(-c4cnn(C)c4)c(C(C)F)cc32)c1. The highest BCUT2D eigenvalue weighted by atomic mass is 19.1. The Morgan fingerprint density at radius 2 is 2.13 bits per heavy atom. The third-order valence-electron chi connectivity index (χ3n) is 5.32. The minimum absolute atomic E-state index is 0.400. The molecule has 156 valence electrons. The number of amides is 1. The normalized spacial score (nSPS) is 14.2. The average molecular weight is 409 g/mol. The second-order valence-corrected chi connectivity index (χ2v) is 7.35. The van der Waals surface area contributed by atoms with E-state index in [9.17, 15) is 9.18 Å². The van der Waals surface area contributed by atoms with Gasteiger partial charge < -0.3 is 15.0 Å². The van der Waals surface area contributed by atoms with Crippen molar-refractivity contribution in [1.82, 2.24) is 14.8 Å². The van der Waals surface area contributed by atoms with Crippen LogP contribution in [0, 0.1) is 0 Å². The number of nitrogens with one attached hydrogen (secondary N) is 1. The number of aromatic nitrogens is 3. The van der Waals surface area contributed by atoms with E-state index >= 15 is 0 Å². The van der Waals surface area contributed by atoms with Gasteiger partial charge in [-0.1, -0.05) is 0 Å². The average Bonchev–Trinajstić information content (AvgIpc) is 3.18. The van der Waals surface area contributed by atoms with Crippen molar-refractivity contribution < 1.29 is 13.9 Å². The summed E-state index contributed by atoms with van der Waals surface area (Å²) in [6.45, 7) is 2.28. The highest BCUT2D eigenvalue weighted by molar-refractivity contribution is 5.77. The molecule has 1 aliphatic rings. The van der Waals surface area contributed by atoms with E-state index in [2.05, 4.69) is 26.4 Å². The summed E-state index contributed by atoms with van der Waals surface area (Å²) in [5.74, 6) is 1.63. The summed E-state index contributed by atoms with van der Waals surface area (Å²) in [6.07, 6.45) is 4.92. The Hall–Kier alpha value is -3.42. The van der Waals surface area contributed by atoms with Gasteiger partial charge in [-0.15, -0.1) is 0 Å². The van der Waals surface area contributed by atoms with Crippen LogP contribution < -0.4 is 15.0 Å². The fraction of sp³-hybridized carbons (Fsp3) is 0.318. The number of anilines is 3. The molecule has 0 saturated heterocycles. The number of nitrogens with zero attached hydrogens (tertiary/aromatic N) is 4. The number of ether oxygens (including phenoxy) is 1. The smallest absolute Gasteiger partial charge is 0.212 e. The van der Waals surface area contributed by atoms with Crippen LogP contribution in [0.25, 0.3) is 11.1 Å². The highest BCUT2D eigenvalue weighted by Gasteiger charge is 2.24. The Labute approximate surface area is 174 Å². The summed E-state index contributed by atoms with van der Waals surface area (Å²) in [5.41, 5.74) is 4.42. The van der Waals surface area contributed by atoms with Gasteiger partial charge in [0.15, 0.2) is 0 Å². The molecule has 1 unspecified atom stereocenters. The van der Waals surface area contributed by atoms with Crippen molar-refractivity contribution in [1.29, 1.82) is 0 Å². The molecule has 2 aromatic heterocycles. The summed E-state index contributed by atoms with van der Waals surface area (Å²) in [5, 5.41) is 6.82. The van der Waals surface area contributed by atoms with Crippen molar-refractivity contribution in [3.8, 4) is 16.9 Å². The van der Waals surface area contributed by atoms with Gasteiger partial charge in [0, 0.05) is 43.2 Å². The number of methoxy groups -OCH3 is 1. The number of rotatable bonds is 6. The Morgan fingerprint density at radius 1 is 1.30 bits per heavy atom. The third kappa shape index (κ3) is 3.72. The van der Waals surface area contributed by atoms with Crippen LogP contribution in [0.2, 0.25) is 0 Å². The standard InChI is InChI=1S/C22H24FN5O2/c1-14(23)18-10-20-15(7-19(18)16-11-25-27(2)12-16)5-4-6-28(20)22-9-17(30-3)8-21(26-22)24-13-29/h7-14H,4-6H2,1-3H3,(H,24,26,29). The molecule has 3 heterocycles. The van der Waals surface area contributed by atoms with Crippen molar-refractivity contribution in [2.75, 3.05) is 23.9 Å². The van der Waals surface area contributed by atoms with Gasteiger partial charge in [0.25, 0.3) is 0 Å². The summed E-state index contributed by atoms with van der Waals surface area (Å²) >= 11 is 0. The van der Waals surface area contributed by atoms with E-state index in [0.29, 0.717) is 29.4 Å². The Morgan fingerprint density at radius 3 is 2.80 bits per heavy atom. The molecule has 1 aliphatic heterocycles. The number of alkyl halides is 1. The highest BCUT2D eigenvalue weighted by Crippen LogP contribution is 2.41. The summed E-state index contributed by atoms with van der Waals surface area (Å²) < 4.78 is 21.7. The molecule has 30 heavy (non-hydrogen) atoms. The van der Waals surface area contributed by atoms with Crippen LogP contribution in [0.3, 0.4) is 0 Å². The molecule has 7 nitrogen and oxygen atoms in total. The lowest BCUT2D eigenvalue weighted by Crippen LogP contribution is -2.26. The Balaban J connectivity index is 1.84. The van der Waals surface area contributed by atoms with Crippen molar-refractivity contribution in [2.24, 2.45) is 7.05 Å². The molecule has 0 fully saturated rings. The first-order chi connectivity index (χ1) is 14.5. The van der Waals surface area contributed by atoms with Crippen molar-refractivity contribution >= 4 is 23.7 Å². The topological polar surface area (TPSA) is 72.3 Å². The van der Waals surface area contributed by atoms with E-state index in [1.807, 2.05) is 25.4 Å². The number of fused-ring (bicyclic) bond motifs is 1. The summed E-state index contributed by atoms with van der Waals surface area (Å²) in [7, 11) is 3.42. The molecule has 1 amide bonds. The number of benzene rings is 1. The van der Waals surface area contributed by atoms with E-state index in [1.54, 1.807) is 31.0 Å². The number of halogens is 1. The number of carbonyl (C=O) groups is 1. The lowest BCUT2D eigenvalue weighted by molar-refractivity contribution is -0.105. The monoisotopic (exact) mass is 409 g/mol.